The summed E-state index contributed by atoms with van der Waals surface area (Å²) in [5.74, 6) is 8.21. The molecule has 2 aromatic carbocycles. The molecule has 0 atom stereocenters. The second kappa shape index (κ2) is 7.98. The number of aromatic nitrogens is 3. The summed E-state index contributed by atoms with van der Waals surface area (Å²) in [5.41, 5.74) is 3.62. The molecule has 0 aliphatic rings. The largest absolute Gasteiger partial charge is 1.00 e. The molecule has 3 aromatic rings. The Bertz CT molecular complexity index is 818. The number of aryl methyl sites for hydroxylation is 1. The number of nitrogens with two attached hydrogens (primary N) is 1. The standard InChI is InChI=1S/C16H16N6O.ClH/c1-12-19-21-16(22(12)17)20-18-11-13-6-5-9-15(10-13)23-14-7-3-2-4-8-14;/h2-11H,17H2,1H3,(H,20,21);1H/p-1/b18-11-;. The molecule has 7 nitrogen and oxygen atoms in total. The smallest absolute Gasteiger partial charge is 0.263 e. The normalized spacial score (nSPS) is 10.4. The van der Waals surface area contributed by atoms with Crippen LogP contribution in [0.25, 0.3) is 0 Å². The van der Waals surface area contributed by atoms with E-state index in [0.29, 0.717) is 11.8 Å². The van der Waals surface area contributed by atoms with Gasteiger partial charge >= 0.3 is 0 Å². The van der Waals surface area contributed by atoms with Crippen LogP contribution in [0.3, 0.4) is 0 Å². The van der Waals surface area contributed by atoms with Crippen LogP contribution >= 0.6 is 0 Å². The summed E-state index contributed by atoms with van der Waals surface area (Å²) in [4.78, 5) is 0. The van der Waals surface area contributed by atoms with Gasteiger partial charge in [0.2, 0.25) is 0 Å². The van der Waals surface area contributed by atoms with E-state index in [4.69, 9.17) is 10.6 Å². The quantitative estimate of drug-likeness (QED) is 0.372. The molecule has 8 heteroatoms. The van der Waals surface area contributed by atoms with Gasteiger partial charge in [-0.3, -0.25) is 0 Å². The Balaban J connectivity index is 0.00000208. The van der Waals surface area contributed by atoms with E-state index in [2.05, 4.69) is 20.7 Å². The first kappa shape index (κ1) is 17.3. The molecule has 0 aliphatic carbocycles. The van der Waals surface area contributed by atoms with Gasteiger partial charge in [-0.2, -0.15) is 5.10 Å². The highest BCUT2D eigenvalue weighted by molar-refractivity contribution is 5.80. The lowest BCUT2D eigenvalue weighted by Crippen LogP contribution is -3.00. The number of benzene rings is 2. The summed E-state index contributed by atoms with van der Waals surface area (Å²) in [7, 11) is 0. The van der Waals surface area contributed by atoms with Gasteiger partial charge < -0.3 is 23.0 Å². The lowest BCUT2D eigenvalue weighted by molar-refractivity contribution is -0.00000536. The molecule has 0 saturated heterocycles. The van der Waals surface area contributed by atoms with Crippen molar-refractivity contribution in [3.63, 3.8) is 0 Å². The maximum absolute atomic E-state index is 5.78. The third kappa shape index (κ3) is 4.23. The van der Waals surface area contributed by atoms with Crippen molar-refractivity contribution in [3.8, 4) is 11.5 Å². The first-order valence-electron chi connectivity index (χ1n) is 7.01. The van der Waals surface area contributed by atoms with Gasteiger partial charge in [0.25, 0.3) is 5.95 Å². The van der Waals surface area contributed by atoms with Crippen LogP contribution in [-0.4, -0.2) is 21.1 Å². The Kier molecular flexibility index (Phi) is 5.75. The molecule has 0 fully saturated rings. The van der Waals surface area contributed by atoms with Gasteiger partial charge in [0, 0.05) is 0 Å². The lowest BCUT2D eigenvalue weighted by atomic mass is 10.2. The zero-order chi connectivity index (χ0) is 16.1. The van der Waals surface area contributed by atoms with Gasteiger partial charge in [-0.1, -0.05) is 30.3 Å². The average molecular weight is 344 g/mol. The summed E-state index contributed by atoms with van der Waals surface area (Å²) >= 11 is 0. The Morgan fingerprint density at radius 2 is 1.83 bits per heavy atom. The van der Waals surface area contributed by atoms with Gasteiger partial charge in [0.15, 0.2) is 5.82 Å². The molecule has 0 bridgehead atoms. The van der Waals surface area contributed by atoms with E-state index in [1.54, 1.807) is 13.1 Å². The van der Waals surface area contributed by atoms with Gasteiger partial charge in [0.05, 0.1) is 6.21 Å². The van der Waals surface area contributed by atoms with Crippen molar-refractivity contribution >= 4 is 12.2 Å². The highest BCUT2D eigenvalue weighted by Crippen LogP contribution is 2.21. The fourth-order valence-electron chi connectivity index (χ4n) is 1.89. The molecule has 0 spiro atoms. The number of nitrogen functional groups attached to an aromatic ring is 1. The Hall–Kier alpha value is -3.06. The molecular formula is C16H16ClN6O-. The Morgan fingerprint density at radius 1 is 1.08 bits per heavy atom. The minimum atomic E-state index is 0. The fraction of sp³-hybridized carbons (Fsp3) is 0.0625. The number of anilines is 1. The molecule has 1 aromatic heterocycles. The number of hydrazone groups is 1. The fourth-order valence-corrected chi connectivity index (χ4v) is 1.89. The SMILES string of the molecule is Cc1nnc(N/N=C\c2cccc(Oc3ccccc3)c2)n1N.[Cl-]. The molecule has 0 amide bonds. The van der Waals surface area contributed by atoms with Crippen molar-refractivity contribution in [2.75, 3.05) is 11.3 Å². The van der Waals surface area contributed by atoms with Crippen molar-refractivity contribution < 1.29 is 17.1 Å². The van der Waals surface area contributed by atoms with Crippen LogP contribution < -0.4 is 28.4 Å². The van der Waals surface area contributed by atoms with E-state index < -0.39 is 0 Å². The predicted octanol–water partition coefficient (Wildman–Crippen LogP) is -0.457. The van der Waals surface area contributed by atoms with Crippen LogP contribution in [-0.2, 0) is 0 Å². The first-order chi connectivity index (χ1) is 11.2. The zero-order valence-electron chi connectivity index (χ0n) is 12.9. The Morgan fingerprint density at radius 3 is 2.54 bits per heavy atom. The number of halogens is 1. The minimum absolute atomic E-state index is 0. The van der Waals surface area contributed by atoms with Gasteiger partial charge in [0.1, 0.15) is 11.5 Å². The molecule has 0 aliphatic heterocycles. The maximum Gasteiger partial charge on any atom is 0.263 e. The van der Waals surface area contributed by atoms with Crippen molar-refractivity contribution in [1.29, 1.82) is 0 Å². The number of hydrogen-bond acceptors (Lipinski definition) is 6. The van der Waals surface area contributed by atoms with Crippen LogP contribution in [0.4, 0.5) is 5.95 Å². The van der Waals surface area contributed by atoms with Crippen molar-refractivity contribution in [2.24, 2.45) is 5.10 Å². The van der Waals surface area contributed by atoms with E-state index in [1.807, 2.05) is 54.6 Å². The van der Waals surface area contributed by atoms with Crippen molar-refractivity contribution in [2.45, 2.75) is 6.92 Å². The third-order valence-corrected chi connectivity index (χ3v) is 3.08. The van der Waals surface area contributed by atoms with Crippen LogP contribution in [0.5, 0.6) is 11.5 Å². The van der Waals surface area contributed by atoms with E-state index in [-0.39, 0.29) is 12.4 Å². The molecule has 124 valence electrons. The molecule has 24 heavy (non-hydrogen) atoms. The molecule has 0 saturated carbocycles. The van der Waals surface area contributed by atoms with Gasteiger partial charge in [-0.25, -0.2) is 10.1 Å². The Labute approximate surface area is 145 Å². The first-order valence-corrected chi connectivity index (χ1v) is 7.01. The molecule has 0 unspecified atom stereocenters. The van der Waals surface area contributed by atoms with Gasteiger partial charge in [-0.05, 0) is 36.8 Å². The second-order valence-corrected chi connectivity index (χ2v) is 4.80. The van der Waals surface area contributed by atoms with Crippen LogP contribution in [0.15, 0.2) is 59.7 Å². The predicted molar refractivity (Wildman–Crippen MR) is 89.1 cm³/mol. The summed E-state index contributed by atoms with van der Waals surface area (Å²) < 4.78 is 7.10. The van der Waals surface area contributed by atoms with E-state index >= 15 is 0 Å². The van der Waals surface area contributed by atoms with Gasteiger partial charge in [-0.15, -0.1) is 10.2 Å². The molecule has 3 N–H and O–H groups in total. The third-order valence-electron chi connectivity index (χ3n) is 3.08. The van der Waals surface area contributed by atoms with Crippen molar-refractivity contribution in [3.05, 3.63) is 66.0 Å². The molecule has 3 rings (SSSR count). The highest BCUT2D eigenvalue weighted by Gasteiger charge is 2.03. The maximum atomic E-state index is 5.78. The number of hydrogen-bond donors (Lipinski definition) is 2. The number of nitrogens with zero attached hydrogens (tertiary/aromatic N) is 4. The topological polar surface area (TPSA) is 90.4 Å². The number of ether oxygens (including phenoxy) is 1. The molecule has 0 radical (unpaired) electrons. The number of para-hydroxylation sites is 1. The zero-order valence-corrected chi connectivity index (χ0v) is 13.7. The highest BCUT2D eigenvalue weighted by atomic mass is 35.5. The number of nitrogens with one attached hydrogen (secondary N) is 1. The van der Waals surface area contributed by atoms with E-state index in [0.717, 1.165) is 17.1 Å². The molecular weight excluding hydrogens is 328 g/mol. The monoisotopic (exact) mass is 343 g/mol. The van der Waals surface area contributed by atoms with Crippen molar-refractivity contribution in [1.82, 2.24) is 14.9 Å². The van der Waals surface area contributed by atoms with E-state index in [1.165, 1.54) is 4.68 Å². The molecule has 1 heterocycles. The summed E-state index contributed by atoms with van der Waals surface area (Å²) in [6.45, 7) is 1.76. The van der Waals surface area contributed by atoms with Crippen LogP contribution in [0, 0.1) is 6.92 Å². The summed E-state index contributed by atoms with van der Waals surface area (Å²) in [6, 6.07) is 17.2. The summed E-state index contributed by atoms with van der Waals surface area (Å²) in [5, 5.41) is 11.8. The average Bonchev–Trinajstić information content (AvgIpc) is 2.88. The van der Waals surface area contributed by atoms with Crippen LogP contribution in [0.2, 0.25) is 0 Å². The van der Waals surface area contributed by atoms with Crippen LogP contribution in [0.1, 0.15) is 11.4 Å². The number of rotatable bonds is 5. The minimum Gasteiger partial charge on any atom is -1.00 e. The lowest BCUT2D eigenvalue weighted by Gasteiger charge is -2.05. The summed E-state index contributed by atoms with van der Waals surface area (Å²) in [6.07, 6.45) is 1.65. The second-order valence-electron chi connectivity index (χ2n) is 4.80. The van der Waals surface area contributed by atoms with E-state index in [9.17, 15) is 0 Å².